The van der Waals surface area contributed by atoms with Crippen LogP contribution >= 0.6 is 0 Å². The highest BCUT2D eigenvalue weighted by molar-refractivity contribution is 7.86. The summed E-state index contributed by atoms with van der Waals surface area (Å²) in [5, 5.41) is 25.7. The topological polar surface area (TPSA) is 151 Å². The van der Waals surface area contributed by atoms with Gasteiger partial charge in [-0.2, -0.15) is 17.2 Å². The van der Waals surface area contributed by atoms with Gasteiger partial charge in [-0.1, -0.05) is 27.7 Å². The lowest BCUT2D eigenvalue weighted by molar-refractivity contribution is -0.209. The van der Waals surface area contributed by atoms with Gasteiger partial charge in [-0.05, 0) is 25.7 Å². The number of hydrogen-bond donors (Lipinski definition) is 4. The first-order valence-corrected chi connectivity index (χ1v) is 10.9. The van der Waals surface area contributed by atoms with Crippen LogP contribution in [0.2, 0.25) is 0 Å². The van der Waals surface area contributed by atoms with E-state index in [0.717, 1.165) is 0 Å². The first-order chi connectivity index (χ1) is 13.1. The molecule has 1 rings (SSSR count). The lowest BCUT2D eigenvalue weighted by atomic mass is 9.84. The SMILES string of the molecule is CCC(O)(CC)C1C(OCC(=O)OC(O)C(F)(F)S(=O)(=O)O)C1C(O)(CC)CC. The monoisotopic (exact) mass is 448 g/mol. The Bertz CT molecular complexity index is 650. The summed E-state index contributed by atoms with van der Waals surface area (Å²) < 4.78 is 65.3. The van der Waals surface area contributed by atoms with E-state index < -0.39 is 63.4 Å². The van der Waals surface area contributed by atoms with Crippen LogP contribution in [-0.4, -0.2) is 69.7 Å². The molecule has 4 N–H and O–H groups in total. The highest BCUT2D eigenvalue weighted by Crippen LogP contribution is 2.57. The Kier molecular flexibility index (Phi) is 8.16. The Morgan fingerprint density at radius 2 is 1.38 bits per heavy atom. The normalized spacial score (nSPS) is 24.3. The van der Waals surface area contributed by atoms with Crippen LogP contribution in [0.4, 0.5) is 8.78 Å². The average Bonchev–Trinajstić information content (AvgIpc) is 3.39. The van der Waals surface area contributed by atoms with Crippen LogP contribution in [0, 0.1) is 11.8 Å². The van der Waals surface area contributed by atoms with Crippen molar-refractivity contribution in [3.63, 3.8) is 0 Å². The fourth-order valence-corrected chi connectivity index (χ4v) is 4.04. The number of carbonyl (C=O) groups excluding carboxylic acids is 1. The number of halogens is 2. The van der Waals surface area contributed by atoms with E-state index in [-0.39, 0.29) is 0 Å². The van der Waals surface area contributed by atoms with Crippen LogP contribution in [0.25, 0.3) is 0 Å². The Labute approximate surface area is 168 Å². The summed E-state index contributed by atoms with van der Waals surface area (Å²) in [6, 6.07) is 0. The van der Waals surface area contributed by atoms with Gasteiger partial charge in [0, 0.05) is 11.8 Å². The molecule has 0 bridgehead atoms. The zero-order chi connectivity index (χ0) is 22.8. The molecule has 0 spiro atoms. The van der Waals surface area contributed by atoms with E-state index in [1.54, 1.807) is 27.7 Å². The van der Waals surface area contributed by atoms with Gasteiger partial charge in [0.2, 0.25) is 0 Å². The minimum absolute atomic E-state index is 0.359. The Balaban J connectivity index is 2.86. The smallest absolute Gasteiger partial charge is 0.426 e. The quantitative estimate of drug-likeness (QED) is 0.195. The molecule has 12 heteroatoms. The number of aliphatic hydroxyl groups excluding tert-OH is 1. The van der Waals surface area contributed by atoms with Gasteiger partial charge >= 0.3 is 21.3 Å². The third-order valence-electron chi connectivity index (χ3n) is 5.91. The predicted molar refractivity (Wildman–Crippen MR) is 96.4 cm³/mol. The molecule has 0 saturated heterocycles. The van der Waals surface area contributed by atoms with Gasteiger partial charge in [0.25, 0.3) is 6.29 Å². The predicted octanol–water partition coefficient (Wildman–Crippen LogP) is 1.06. The second kappa shape index (κ2) is 9.06. The number of ether oxygens (including phenoxy) is 2. The lowest BCUT2D eigenvalue weighted by Crippen LogP contribution is -2.44. The van der Waals surface area contributed by atoms with E-state index in [2.05, 4.69) is 4.74 Å². The van der Waals surface area contributed by atoms with Crippen molar-refractivity contribution >= 4 is 16.1 Å². The number of carbonyl (C=O) groups is 1. The van der Waals surface area contributed by atoms with E-state index in [1.807, 2.05) is 0 Å². The van der Waals surface area contributed by atoms with E-state index in [0.29, 0.717) is 25.7 Å². The molecule has 0 radical (unpaired) electrons. The summed E-state index contributed by atoms with van der Waals surface area (Å²) in [5.41, 5.74) is -2.34. The van der Waals surface area contributed by atoms with Crippen LogP contribution in [-0.2, 0) is 24.4 Å². The molecule has 9 nitrogen and oxygen atoms in total. The van der Waals surface area contributed by atoms with Crippen molar-refractivity contribution in [3.05, 3.63) is 0 Å². The molecule has 0 heterocycles. The number of esters is 1. The van der Waals surface area contributed by atoms with Crippen molar-refractivity contribution in [1.82, 2.24) is 0 Å². The zero-order valence-electron chi connectivity index (χ0n) is 16.8. The van der Waals surface area contributed by atoms with E-state index >= 15 is 0 Å². The summed E-state index contributed by atoms with van der Waals surface area (Å²) >= 11 is 0. The summed E-state index contributed by atoms with van der Waals surface area (Å²) in [7, 11) is -6.00. The molecule has 0 aliphatic heterocycles. The maximum absolute atomic E-state index is 13.2. The number of rotatable bonds is 12. The summed E-state index contributed by atoms with van der Waals surface area (Å²) in [6.07, 6.45) is -2.76. The summed E-state index contributed by atoms with van der Waals surface area (Å²) in [5.74, 6) is -2.53. The fraction of sp³-hybridized carbons (Fsp3) is 0.941. The molecule has 1 saturated carbocycles. The zero-order valence-corrected chi connectivity index (χ0v) is 17.7. The van der Waals surface area contributed by atoms with Gasteiger partial charge in [-0.25, -0.2) is 4.79 Å². The molecule has 1 fully saturated rings. The molecule has 0 aromatic heterocycles. The Hall–Kier alpha value is -0.920. The van der Waals surface area contributed by atoms with Crippen LogP contribution < -0.4 is 0 Å². The third kappa shape index (κ3) is 5.23. The largest absolute Gasteiger partial charge is 0.430 e. The van der Waals surface area contributed by atoms with Crippen molar-refractivity contribution in [2.75, 3.05) is 6.61 Å². The third-order valence-corrected chi connectivity index (χ3v) is 6.80. The standard InChI is InChI=1S/C17H30F2O9S/c1-5-15(22,6-2)11-12(16(23,7-3)8-4)13(11)27-9-10(20)28-14(21)17(18,19)29(24,25)26/h11-14,21-23H,5-9H2,1-4H3,(H,24,25,26). The number of alkyl halides is 2. The first kappa shape index (κ1) is 26.1. The van der Waals surface area contributed by atoms with Gasteiger partial charge in [0.1, 0.15) is 6.61 Å². The fourth-order valence-electron chi connectivity index (χ4n) is 3.73. The van der Waals surface area contributed by atoms with Gasteiger partial charge in [-0.3, -0.25) is 4.55 Å². The minimum atomic E-state index is -6.00. The Morgan fingerprint density at radius 3 is 1.69 bits per heavy atom. The van der Waals surface area contributed by atoms with Crippen molar-refractivity contribution in [3.8, 4) is 0 Å². The number of hydrogen-bond acceptors (Lipinski definition) is 8. The molecule has 0 amide bonds. The molecule has 0 aromatic carbocycles. The molecule has 3 atom stereocenters. The van der Waals surface area contributed by atoms with Gasteiger partial charge in [0.05, 0.1) is 17.3 Å². The molecule has 29 heavy (non-hydrogen) atoms. The second-order valence-corrected chi connectivity index (χ2v) is 8.82. The first-order valence-electron chi connectivity index (χ1n) is 9.43. The van der Waals surface area contributed by atoms with Crippen molar-refractivity contribution in [1.29, 1.82) is 0 Å². The van der Waals surface area contributed by atoms with Crippen molar-refractivity contribution in [2.24, 2.45) is 11.8 Å². The molecule has 1 aliphatic rings. The van der Waals surface area contributed by atoms with Gasteiger partial charge < -0.3 is 24.8 Å². The highest BCUT2D eigenvalue weighted by atomic mass is 32.2. The molecule has 1 aliphatic carbocycles. The van der Waals surface area contributed by atoms with Crippen LogP contribution in [0.5, 0.6) is 0 Å². The molecule has 3 unspecified atom stereocenters. The van der Waals surface area contributed by atoms with Crippen molar-refractivity contribution < 1.29 is 51.3 Å². The second-order valence-electron chi connectivity index (χ2n) is 7.33. The van der Waals surface area contributed by atoms with E-state index in [4.69, 9.17) is 14.4 Å². The van der Waals surface area contributed by atoms with Crippen LogP contribution in [0.1, 0.15) is 53.4 Å². The van der Waals surface area contributed by atoms with Gasteiger partial charge in [0.15, 0.2) is 0 Å². The molecule has 0 aromatic rings. The summed E-state index contributed by atoms with van der Waals surface area (Å²) in [6.45, 7) is 6.11. The average molecular weight is 448 g/mol. The minimum Gasteiger partial charge on any atom is -0.426 e. The highest BCUT2D eigenvalue weighted by Gasteiger charge is 2.67. The molecular formula is C17H30F2O9S. The van der Waals surface area contributed by atoms with Crippen LogP contribution in [0.3, 0.4) is 0 Å². The number of aliphatic hydroxyl groups is 3. The van der Waals surface area contributed by atoms with E-state index in [9.17, 15) is 32.2 Å². The maximum Gasteiger partial charge on any atom is 0.430 e. The van der Waals surface area contributed by atoms with E-state index in [1.165, 1.54) is 0 Å². The van der Waals surface area contributed by atoms with Crippen molar-refractivity contribution in [2.45, 2.75) is 82.2 Å². The van der Waals surface area contributed by atoms with Crippen LogP contribution in [0.15, 0.2) is 0 Å². The van der Waals surface area contributed by atoms with Gasteiger partial charge in [-0.15, -0.1) is 0 Å². The summed E-state index contributed by atoms with van der Waals surface area (Å²) in [4.78, 5) is 11.7. The Morgan fingerprint density at radius 1 is 1.00 bits per heavy atom. The molecular weight excluding hydrogens is 418 g/mol. The maximum atomic E-state index is 13.2. The lowest BCUT2D eigenvalue weighted by Gasteiger charge is -2.30. The molecule has 172 valence electrons.